The lowest BCUT2D eigenvalue weighted by molar-refractivity contribution is 0.141. The van der Waals surface area contributed by atoms with Crippen molar-refractivity contribution in [2.24, 2.45) is 0 Å². The highest BCUT2D eigenvalue weighted by molar-refractivity contribution is 5.13. The molecule has 0 radical (unpaired) electrons. The first kappa shape index (κ1) is 13.1. The zero-order chi connectivity index (χ0) is 11.6. The second-order valence-electron chi connectivity index (χ2n) is 3.74. The van der Waals surface area contributed by atoms with Gasteiger partial charge in [0.05, 0.1) is 0 Å². The van der Waals surface area contributed by atoms with Crippen LogP contribution in [0.1, 0.15) is 38.3 Å². The molecule has 0 spiro atoms. The van der Waals surface area contributed by atoms with Crippen molar-refractivity contribution in [1.29, 1.82) is 0 Å². The number of pyridine rings is 1. The lowest BCUT2D eigenvalue weighted by atomic mass is 10.0. The summed E-state index contributed by atoms with van der Waals surface area (Å²) in [6.45, 7) is 6.79. The molecule has 0 saturated heterocycles. The van der Waals surface area contributed by atoms with E-state index in [-0.39, 0.29) is 0 Å². The first-order valence-electron chi connectivity index (χ1n) is 6.09. The number of ether oxygens (including phenoxy) is 1. The van der Waals surface area contributed by atoms with Gasteiger partial charge in [-0.2, -0.15) is 0 Å². The van der Waals surface area contributed by atoms with Gasteiger partial charge in [-0.1, -0.05) is 13.0 Å². The van der Waals surface area contributed by atoms with E-state index in [1.807, 2.05) is 25.4 Å². The highest BCUT2D eigenvalue weighted by atomic mass is 16.5. The molecule has 0 saturated carbocycles. The summed E-state index contributed by atoms with van der Waals surface area (Å²) in [5, 5.41) is 3.48. The molecule has 3 nitrogen and oxygen atoms in total. The average Bonchev–Trinajstić information content (AvgIpc) is 2.34. The van der Waals surface area contributed by atoms with Crippen molar-refractivity contribution in [2.75, 3.05) is 19.8 Å². The molecule has 90 valence electrons. The van der Waals surface area contributed by atoms with Crippen molar-refractivity contribution >= 4 is 0 Å². The van der Waals surface area contributed by atoms with Gasteiger partial charge in [-0.25, -0.2) is 0 Å². The van der Waals surface area contributed by atoms with Gasteiger partial charge in [0.1, 0.15) is 0 Å². The van der Waals surface area contributed by atoms with Crippen LogP contribution >= 0.6 is 0 Å². The van der Waals surface area contributed by atoms with Gasteiger partial charge in [0, 0.05) is 31.6 Å². The summed E-state index contributed by atoms with van der Waals surface area (Å²) < 4.78 is 5.35. The van der Waals surface area contributed by atoms with Crippen molar-refractivity contribution in [3.8, 4) is 0 Å². The van der Waals surface area contributed by atoms with E-state index in [4.69, 9.17) is 4.74 Å². The van der Waals surface area contributed by atoms with Crippen LogP contribution in [0.15, 0.2) is 24.5 Å². The second kappa shape index (κ2) is 8.25. The fourth-order valence-corrected chi connectivity index (χ4v) is 1.75. The molecule has 0 aromatic carbocycles. The van der Waals surface area contributed by atoms with Crippen LogP contribution in [0.2, 0.25) is 0 Å². The second-order valence-corrected chi connectivity index (χ2v) is 3.74. The molecule has 16 heavy (non-hydrogen) atoms. The van der Waals surface area contributed by atoms with E-state index in [0.717, 1.165) is 32.6 Å². The summed E-state index contributed by atoms with van der Waals surface area (Å²) in [6.07, 6.45) is 5.93. The molecule has 0 amide bonds. The van der Waals surface area contributed by atoms with E-state index in [0.29, 0.717) is 6.04 Å². The van der Waals surface area contributed by atoms with E-state index in [1.165, 1.54) is 5.56 Å². The Balaban J connectivity index is 2.41. The third kappa shape index (κ3) is 4.73. The molecule has 0 fully saturated rings. The maximum Gasteiger partial charge on any atom is 0.0466 e. The van der Waals surface area contributed by atoms with Crippen LogP contribution in [0.5, 0.6) is 0 Å². The van der Waals surface area contributed by atoms with Gasteiger partial charge in [0.15, 0.2) is 0 Å². The standard InChI is InChI=1S/C13H22N2O/c1-3-15-13(8-6-10-16-4-2)12-7-5-9-14-11-12/h5,7,9,11,13,15H,3-4,6,8,10H2,1-2H3. The predicted molar refractivity (Wildman–Crippen MR) is 66.4 cm³/mol. The molecule has 3 heteroatoms. The van der Waals surface area contributed by atoms with Gasteiger partial charge in [-0.3, -0.25) is 4.98 Å². The van der Waals surface area contributed by atoms with Gasteiger partial charge in [0.2, 0.25) is 0 Å². The number of aromatic nitrogens is 1. The fourth-order valence-electron chi connectivity index (χ4n) is 1.75. The van der Waals surface area contributed by atoms with Crippen LogP contribution in [0.25, 0.3) is 0 Å². The van der Waals surface area contributed by atoms with Gasteiger partial charge < -0.3 is 10.1 Å². The van der Waals surface area contributed by atoms with Gasteiger partial charge in [-0.05, 0) is 37.9 Å². The van der Waals surface area contributed by atoms with Crippen LogP contribution in [0.4, 0.5) is 0 Å². The first-order valence-corrected chi connectivity index (χ1v) is 6.09. The Kier molecular flexibility index (Phi) is 6.77. The Bertz CT molecular complexity index is 264. The Hall–Kier alpha value is -0.930. The summed E-state index contributed by atoms with van der Waals surface area (Å²) >= 11 is 0. The van der Waals surface area contributed by atoms with Crippen molar-refractivity contribution in [1.82, 2.24) is 10.3 Å². The Morgan fingerprint density at radius 3 is 2.94 bits per heavy atom. The summed E-state index contributed by atoms with van der Waals surface area (Å²) in [7, 11) is 0. The minimum atomic E-state index is 0.402. The van der Waals surface area contributed by atoms with Crippen molar-refractivity contribution in [3.05, 3.63) is 30.1 Å². The zero-order valence-electron chi connectivity index (χ0n) is 10.3. The minimum absolute atomic E-state index is 0.402. The molecule has 1 rings (SSSR count). The molecule has 0 bridgehead atoms. The minimum Gasteiger partial charge on any atom is -0.382 e. The first-order chi connectivity index (χ1) is 7.88. The molecule has 1 atom stereocenters. The van der Waals surface area contributed by atoms with Crippen LogP contribution in [0, 0.1) is 0 Å². The van der Waals surface area contributed by atoms with Crippen LogP contribution < -0.4 is 5.32 Å². The summed E-state index contributed by atoms with van der Waals surface area (Å²) in [5.41, 5.74) is 1.26. The molecular weight excluding hydrogens is 200 g/mol. The van der Waals surface area contributed by atoms with Crippen LogP contribution in [-0.4, -0.2) is 24.7 Å². The van der Waals surface area contributed by atoms with E-state index >= 15 is 0 Å². The molecule has 1 aromatic heterocycles. The monoisotopic (exact) mass is 222 g/mol. The van der Waals surface area contributed by atoms with E-state index in [1.54, 1.807) is 0 Å². The molecule has 1 aromatic rings. The molecule has 1 unspecified atom stereocenters. The third-order valence-corrected chi connectivity index (χ3v) is 2.52. The van der Waals surface area contributed by atoms with Gasteiger partial charge in [0.25, 0.3) is 0 Å². The number of nitrogens with one attached hydrogen (secondary N) is 1. The smallest absolute Gasteiger partial charge is 0.0466 e. The van der Waals surface area contributed by atoms with Crippen molar-refractivity contribution in [2.45, 2.75) is 32.7 Å². The molecule has 0 aliphatic heterocycles. The molecule has 1 heterocycles. The quantitative estimate of drug-likeness (QED) is 0.686. The molecule has 0 aliphatic carbocycles. The molecular formula is C13H22N2O. The number of nitrogens with zero attached hydrogens (tertiary/aromatic N) is 1. The number of hydrogen-bond donors (Lipinski definition) is 1. The SMILES string of the molecule is CCNC(CCCOCC)c1cccnc1. The number of hydrogen-bond acceptors (Lipinski definition) is 3. The van der Waals surface area contributed by atoms with Crippen molar-refractivity contribution in [3.63, 3.8) is 0 Å². The van der Waals surface area contributed by atoms with Crippen molar-refractivity contribution < 1.29 is 4.74 Å². The fraction of sp³-hybridized carbons (Fsp3) is 0.615. The number of rotatable bonds is 8. The highest BCUT2D eigenvalue weighted by Crippen LogP contribution is 2.17. The molecule has 1 N–H and O–H groups in total. The summed E-state index contributed by atoms with van der Waals surface area (Å²) in [6, 6.07) is 4.52. The molecule has 0 aliphatic rings. The Morgan fingerprint density at radius 2 is 2.31 bits per heavy atom. The largest absolute Gasteiger partial charge is 0.382 e. The Morgan fingerprint density at radius 1 is 1.44 bits per heavy atom. The highest BCUT2D eigenvalue weighted by Gasteiger charge is 2.09. The normalized spacial score (nSPS) is 12.6. The third-order valence-electron chi connectivity index (χ3n) is 2.52. The maximum absolute atomic E-state index is 5.35. The van der Waals surface area contributed by atoms with E-state index in [2.05, 4.69) is 23.3 Å². The topological polar surface area (TPSA) is 34.1 Å². The Labute approximate surface area is 98.2 Å². The summed E-state index contributed by atoms with van der Waals surface area (Å²) in [4.78, 5) is 4.16. The van der Waals surface area contributed by atoms with E-state index < -0.39 is 0 Å². The lowest BCUT2D eigenvalue weighted by Crippen LogP contribution is -2.21. The summed E-state index contributed by atoms with van der Waals surface area (Å²) in [5.74, 6) is 0. The van der Waals surface area contributed by atoms with E-state index in [9.17, 15) is 0 Å². The maximum atomic E-state index is 5.35. The van der Waals surface area contributed by atoms with Gasteiger partial charge >= 0.3 is 0 Å². The average molecular weight is 222 g/mol. The van der Waals surface area contributed by atoms with Gasteiger partial charge in [-0.15, -0.1) is 0 Å². The van der Waals surface area contributed by atoms with Crippen LogP contribution in [0.3, 0.4) is 0 Å². The van der Waals surface area contributed by atoms with Crippen LogP contribution in [-0.2, 0) is 4.74 Å². The predicted octanol–water partition coefficient (Wildman–Crippen LogP) is 2.55. The lowest BCUT2D eigenvalue weighted by Gasteiger charge is -2.17. The zero-order valence-corrected chi connectivity index (χ0v) is 10.3.